The van der Waals surface area contributed by atoms with Crippen molar-refractivity contribution in [3.8, 4) is 11.4 Å². The molecule has 0 amide bonds. The summed E-state index contributed by atoms with van der Waals surface area (Å²) in [7, 11) is 1.52. The van der Waals surface area contributed by atoms with Gasteiger partial charge in [0.15, 0.2) is 5.82 Å². The highest BCUT2D eigenvalue weighted by atomic mass is 19.4. The van der Waals surface area contributed by atoms with Crippen LogP contribution in [0.3, 0.4) is 0 Å². The summed E-state index contributed by atoms with van der Waals surface area (Å²) in [6, 6.07) is 2.18. The van der Waals surface area contributed by atoms with E-state index in [1.54, 1.807) is 0 Å². The largest absolute Gasteiger partial charge is 0.416 e. The van der Waals surface area contributed by atoms with E-state index in [0.717, 1.165) is 12.1 Å². The summed E-state index contributed by atoms with van der Waals surface area (Å²) in [5, 5.41) is 7.07. The van der Waals surface area contributed by atoms with Crippen molar-refractivity contribution < 1.29 is 17.6 Å². The Morgan fingerprint density at radius 3 is 2.47 bits per heavy atom. The summed E-state index contributed by atoms with van der Waals surface area (Å²) in [5.74, 6) is -0.720. The molecule has 0 saturated heterocycles. The monoisotopic (exact) mass is 245 g/mol. The third kappa shape index (κ3) is 2.13. The second-order valence-electron chi connectivity index (χ2n) is 3.46. The quantitative estimate of drug-likeness (QED) is 0.723. The van der Waals surface area contributed by atoms with E-state index in [-0.39, 0.29) is 11.4 Å². The fourth-order valence-electron chi connectivity index (χ4n) is 1.40. The average Bonchev–Trinajstić information content (AvgIpc) is 2.63. The smallest absolute Gasteiger partial charge is 0.317 e. The molecule has 2 aromatic rings. The Hall–Kier alpha value is -1.92. The number of hydrogen-bond acceptors (Lipinski definition) is 2. The Morgan fingerprint density at radius 1 is 1.24 bits per heavy atom. The van der Waals surface area contributed by atoms with Gasteiger partial charge in [0.05, 0.1) is 11.1 Å². The van der Waals surface area contributed by atoms with Gasteiger partial charge in [0.25, 0.3) is 0 Å². The molecule has 0 unspecified atom stereocenters. The first-order valence-electron chi connectivity index (χ1n) is 4.60. The highest BCUT2D eigenvalue weighted by molar-refractivity contribution is 5.57. The molecule has 0 spiro atoms. The van der Waals surface area contributed by atoms with Crippen LogP contribution in [-0.4, -0.2) is 14.8 Å². The fourth-order valence-corrected chi connectivity index (χ4v) is 1.40. The molecule has 0 fully saturated rings. The lowest BCUT2D eigenvalue weighted by Crippen LogP contribution is -2.06. The van der Waals surface area contributed by atoms with Crippen molar-refractivity contribution in [2.45, 2.75) is 6.18 Å². The van der Waals surface area contributed by atoms with E-state index in [0.29, 0.717) is 6.07 Å². The molecule has 0 radical (unpaired) electrons. The zero-order chi connectivity index (χ0) is 12.6. The summed E-state index contributed by atoms with van der Waals surface area (Å²) < 4.78 is 52.2. The minimum atomic E-state index is -4.51. The molecule has 17 heavy (non-hydrogen) atoms. The van der Waals surface area contributed by atoms with E-state index < -0.39 is 17.6 Å². The molecular formula is C10H7F4N3. The van der Waals surface area contributed by atoms with Crippen LogP contribution in [0.4, 0.5) is 17.6 Å². The van der Waals surface area contributed by atoms with Gasteiger partial charge in [-0.2, -0.15) is 13.2 Å². The van der Waals surface area contributed by atoms with Gasteiger partial charge in [-0.25, -0.2) is 4.39 Å². The number of aromatic nitrogens is 3. The van der Waals surface area contributed by atoms with Gasteiger partial charge in [0.1, 0.15) is 12.1 Å². The standard InChI is InChI=1S/C10H7F4N3/c1-17-5-15-16-9(17)7-4-6(10(12,13)14)2-3-8(7)11/h2-5H,1H3. The van der Waals surface area contributed by atoms with Crippen LogP contribution in [0.2, 0.25) is 0 Å². The van der Waals surface area contributed by atoms with Crippen LogP contribution >= 0.6 is 0 Å². The van der Waals surface area contributed by atoms with Crippen LogP contribution in [0.5, 0.6) is 0 Å². The van der Waals surface area contributed by atoms with Gasteiger partial charge in [0.2, 0.25) is 0 Å². The highest BCUT2D eigenvalue weighted by Crippen LogP contribution is 2.32. The third-order valence-corrected chi connectivity index (χ3v) is 2.25. The lowest BCUT2D eigenvalue weighted by molar-refractivity contribution is -0.137. The van der Waals surface area contributed by atoms with Crippen molar-refractivity contribution in [1.29, 1.82) is 0 Å². The topological polar surface area (TPSA) is 30.7 Å². The van der Waals surface area contributed by atoms with Crippen LogP contribution in [0.25, 0.3) is 11.4 Å². The van der Waals surface area contributed by atoms with Crippen molar-refractivity contribution >= 4 is 0 Å². The lowest BCUT2D eigenvalue weighted by atomic mass is 10.1. The van der Waals surface area contributed by atoms with Gasteiger partial charge in [-0.05, 0) is 18.2 Å². The molecule has 0 aliphatic carbocycles. The van der Waals surface area contributed by atoms with Gasteiger partial charge >= 0.3 is 6.18 Å². The van der Waals surface area contributed by atoms with Crippen LogP contribution < -0.4 is 0 Å². The van der Waals surface area contributed by atoms with Crippen LogP contribution in [0, 0.1) is 5.82 Å². The van der Waals surface area contributed by atoms with Crippen LogP contribution in [0.1, 0.15) is 5.56 Å². The number of aryl methyl sites for hydroxylation is 1. The predicted molar refractivity (Wildman–Crippen MR) is 51.4 cm³/mol. The van der Waals surface area contributed by atoms with Crippen molar-refractivity contribution in [2.24, 2.45) is 7.05 Å². The number of rotatable bonds is 1. The second kappa shape index (κ2) is 3.83. The van der Waals surface area contributed by atoms with E-state index >= 15 is 0 Å². The molecule has 90 valence electrons. The summed E-state index contributed by atoms with van der Waals surface area (Å²) >= 11 is 0. The number of alkyl halides is 3. The summed E-state index contributed by atoms with van der Waals surface area (Å²) in [6.45, 7) is 0. The first-order chi connectivity index (χ1) is 7.89. The van der Waals surface area contributed by atoms with Crippen molar-refractivity contribution in [3.05, 3.63) is 35.9 Å². The zero-order valence-electron chi connectivity index (χ0n) is 8.66. The van der Waals surface area contributed by atoms with Crippen molar-refractivity contribution in [1.82, 2.24) is 14.8 Å². The van der Waals surface area contributed by atoms with Crippen molar-refractivity contribution in [2.75, 3.05) is 0 Å². The molecule has 0 aliphatic heterocycles. The number of hydrogen-bond donors (Lipinski definition) is 0. The van der Waals surface area contributed by atoms with E-state index in [1.807, 2.05) is 0 Å². The first kappa shape index (κ1) is 11.6. The van der Waals surface area contributed by atoms with Gasteiger partial charge in [-0.3, -0.25) is 0 Å². The molecule has 0 atom stereocenters. The lowest BCUT2D eigenvalue weighted by Gasteiger charge is -2.09. The number of benzene rings is 1. The van der Waals surface area contributed by atoms with E-state index in [4.69, 9.17) is 0 Å². The Balaban J connectivity index is 2.58. The molecule has 0 aliphatic rings. The average molecular weight is 245 g/mol. The highest BCUT2D eigenvalue weighted by Gasteiger charge is 2.31. The number of nitrogens with zero attached hydrogens (tertiary/aromatic N) is 3. The minimum Gasteiger partial charge on any atom is -0.317 e. The maximum atomic E-state index is 13.5. The Kier molecular flexibility index (Phi) is 2.60. The van der Waals surface area contributed by atoms with Gasteiger partial charge in [0, 0.05) is 7.05 Å². The zero-order valence-corrected chi connectivity index (χ0v) is 8.66. The minimum absolute atomic E-state index is 0.0496. The molecule has 0 saturated carbocycles. The Bertz CT molecular complexity index is 545. The van der Waals surface area contributed by atoms with Gasteiger partial charge in [-0.15, -0.1) is 10.2 Å². The molecule has 1 aromatic heterocycles. The second-order valence-corrected chi connectivity index (χ2v) is 3.46. The molecule has 0 N–H and O–H groups in total. The van der Waals surface area contributed by atoms with E-state index in [2.05, 4.69) is 10.2 Å². The van der Waals surface area contributed by atoms with Crippen LogP contribution in [-0.2, 0) is 13.2 Å². The summed E-state index contributed by atoms with van der Waals surface area (Å²) in [6.07, 6.45) is -3.23. The van der Waals surface area contributed by atoms with Gasteiger partial charge in [-0.1, -0.05) is 0 Å². The molecular weight excluding hydrogens is 238 g/mol. The SMILES string of the molecule is Cn1cnnc1-c1cc(C(F)(F)F)ccc1F. The normalized spacial score (nSPS) is 11.8. The molecule has 7 heteroatoms. The molecule has 1 heterocycles. The first-order valence-corrected chi connectivity index (χ1v) is 4.60. The summed E-state index contributed by atoms with van der Waals surface area (Å²) in [5.41, 5.74) is -1.14. The maximum Gasteiger partial charge on any atom is 0.416 e. The third-order valence-electron chi connectivity index (χ3n) is 2.25. The molecule has 2 rings (SSSR count). The predicted octanol–water partition coefficient (Wildman–Crippen LogP) is 2.64. The Labute approximate surface area is 93.7 Å². The van der Waals surface area contributed by atoms with E-state index in [9.17, 15) is 17.6 Å². The maximum absolute atomic E-state index is 13.5. The fraction of sp³-hybridized carbons (Fsp3) is 0.200. The van der Waals surface area contributed by atoms with E-state index in [1.165, 1.54) is 17.9 Å². The van der Waals surface area contributed by atoms with Crippen LogP contribution in [0.15, 0.2) is 24.5 Å². The van der Waals surface area contributed by atoms with Gasteiger partial charge < -0.3 is 4.57 Å². The van der Waals surface area contributed by atoms with Crippen molar-refractivity contribution in [3.63, 3.8) is 0 Å². The Morgan fingerprint density at radius 2 is 1.94 bits per heavy atom. The molecule has 0 bridgehead atoms. The number of halogens is 4. The molecule has 1 aromatic carbocycles. The summed E-state index contributed by atoms with van der Waals surface area (Å²) in [4.78, 5) is 0. The molecule has 3 nitrogen and oxygen atoms in total.